The Kier molecular flexibility index (Phi) is 11.5. The van der Waals surface area contributed by atoms with Crippen LogP contribution in [0.5, 0.6) is 0 Å². The van der Waals surface area contributed by atoms with E-state index in [1.165, 1.54) is 0 Å². The third-order valence-corrected chi connectivity index (χ3v) is 2.21. The Balaban J connectivity index is 3.18. The van der Waals surface area contributed by atoms with Gasteiger partial charge in [0.1, 0.15) is 0 Å². The highest BCUT2D eigenvalue weighted by Gasteiger charge is 1.98. The lowest BCUT2D eigenvalue weighted by molar-refractivity contribution is -0.121. The molecular weight excluding hydrogens is 202 g/mol. The van der Waals surface area contributed by atoms with Crippen molar-refractivity contribution in [2.24, 2.45) is 5.73 Å². The second-order valence-electron chi connectivity index (χ2n) is 3.70. The Labute approximate surface area is 98.7 Å². The van der Waals surface area contributed by atoms with E-state index in [2.05, 4.69) is 16.7 Å². The number of hydrogen-bond acceptors (Lipinski definition) is 3. The monoisotopic (exact) mass is 227 g/mol. The standard InChI is InChI=1S/C12H25N3O/c1-2-3-4-5-6-7-12(16)15-11-10-14-9-8-13/h2-3,14H,4-11,13H2,1H3,(H,15,16)/b3-2+. The number of amides is 1. The first-order valence-electron chi connectivity index (χ1n) is 6.10. The highest BCUT2D eigenvalue weighted by Crippen LogP contribution is 2.00. The number of unbranched alkanes of at least 4 members (excludes halogenated alkanes) is 2. The number of rotatable bonds is 10. The topological polar surface area (TPSA) is 67.2 Å². The molecular formula is C12H25N3O. The van der Waals surface area contributed by atoms with Gasteiger partial charge in [0.05, 0.1) is 0 Å². The summed E-state index contributed by atoms with van der Waals surface area (Å²) in [4.78, 5) is 11.3. The first-order valence-corrected chi connectivity index (χ1v) is 6.10. The van der Waals surface area contributed by atoms with Crippen LogP contribution in [0.15, 0.2) is 12.2 Å². The molecule has 0 heterocycles. The molecule has 0 aliphatic carbocycles. The fraction of sp³-hybridized carbons (Fsp3) is 0.750. The molecule has 1 amide bonds. The summed E-state index contributed by atoms with van der Waals surface area (Å²) in [6, 6.07) is 0. The van der Waals surface area contributed by atoms with E-state index in [1.807, 2.05) is 13.0 Å². The number of nitrogens with one attached hydrogen (secondary N) is 2. The molecule has 4 heteroatoms. The van der Waals surface area contributed by atoms with Crippen LogP contribution in [0.4, 0.5) is 0 Å². The van der Waals surface area contributed by atoms with Crippen molar-refractivity contribution in [2.45, 2.75) is 32.6 Å². The lowest BCUT2D eigenvalue weighted by Crippen LogP contribution is -2.33. The van der Waals surface area contributed by atoms with E-state index in [1.54, 1.807) is 0 Å². The number of carbonyl (C=O) groups excluding carboxylic acids is 1. The second-order valence-corrected chi connectivity index (χ2v) is 3.70. The van der Waals surface area contributed by atoms with E-state index < -0.39 is 0 Å². The predicted molar refractivity (Wildman–Crippen MR) is 68.2 cm³/mol. The fourth-order valence-corrected chi connectivity index (χ4v) is 1.32. The average Bonchev–Trinajstić information content (AvgIpc) is 2.28. The smallest absolute Gasteiger partial charge is 0.220 e. The predicted octanol–water partition coefficient (Wildman–Crippen LogP) is 0.787. The van der Waals surface area contributed by atoms with Gasteiger partial charge in [0.25, 0.3) is 0 Å². The van der Waals surface area contributed by atoms with Crippen molar-refractivity contribution in [1.29, 1.82) is 0 Å². The van der Waals surface area contributed by atoms with Gasteiger partial charge in [0, 0.05) is 32.6 Å². The minimum Gasteiger partial charge on any atom is -0.355 e. The number of nitrogens with two attached hydrogens (primary N) is 1. The Morgan fingerprint density at radius 1 is 1.25 bits per heavy atom. The maximum atomic E-state index is 11.3. The van der Waals surface area contributed by atoms with Crippen molar-refractivity contribution in [3.05, 3.63) is 12.2 Å². The molecule has 0 aromatic carbocycles. The van der Waals surface area contributed by atoms with Crippen LogP contribution in [0.2, 0.25) is 0 Å². The normalized spacial score (nSPS) is 10.9. The number of carbonyl (C=O) groups is 1. The van der Waals surface area contributed by atoms with Gasteiger partial charge in [-0.3, -0.25) is 4.79 Å². The van der Waals surface area contributed by atoms with Gasteiger partial charge in [-0.2, -0.15) is 0 Å². The zero-order valence-electron chi connectivity index (χ0n) is 10.3. The molecule has 0 atom stereocenters. The molecule has 0 spiro atoms. The minimum atomic E-state index is 0.148. The van der Waals surface area contributed by atoms with Gasteiger partial charge in [0.15, 0.2) is 0 Å². The first-order chi connectivity index (χ1) is 7.81. The maximum Gasteiger partial charge on any atom is 0.220 e. The number of hydrogen-bond donors (Lipinski definition) is 3. The molecule has 0 unspecified atom stereocenters. The van der Waals surface area contributed by atoms with E-state index in [4.69, 9.17) is 5.73 Å². The zero-order chi connectivity index (χ0) is 12.1. The molecule has 0 bridgehead atoms. The van der Waals surface area contributed by atoms with Gasteiger partial charge >= 0.3 is 0 Å². The summed E-state index contributed by atoms with van der Waals surface area (Å²) in [6.07, 6.45) is 7.93. The molecule has 0 radical (unpaired) electrons. The van der Waals surface area contributed by atoms with E-state index in [0.29, 0.717) is 19.5 Å². The minimum absolute atomic E-state index is 0.148. The molecule has 0 aliphatic rings. The summed E-state index contributed by atoms with van der Waals surface area (Å²) in [5.74, 6) is 0.148. The Hall–Kier alpha value is -0.870. The van der Waals surface area contributed by atoms with Crippen LogP contribution >= 0.6 is 0 Å². The third-order valence-electron chi connectivity index (χ3n) is 2.21. The third kappa shape index (κ3) is 11.2. The largest absolute Gasteiger partial charge is 0.355 e. The van der Waals surface area contributed by atoms with Crippen molar-refractivity contribution in [3.63, 3.8) is 0 Å². The van der Waals surface area contributed by atoms with E-state index >= 15 is 0 Å². The van der Waals surface area contributed by atoms with Gasteiger partial charge in [0.2, 0.25) is 5.91 Å². The molecule has 4 nitrogen and oxygen atoms in total. The lowest BCUT2D eigenvalue weighted by atomic mass is 10.2. The summed E-state index contributed by atoms with van der Waals surface area (Å²) in [5.41, 5.74) is 5.32. The van der Waals surface area contributed by atoms with Gasteiger partial charge in [-0.25, -0.2) is 0 Å². The Morgan fingerprint density at radius 2 is 2.06 bits per heavy atom. The summed E-state index contributed by atoms with van der Waals surface area (Å²) < 4.78 is 0. The van der Waals surface area contributed by atoms with Crippen molar-refractivity contribution >= 4 is 5.91 Å². The highest BCUT2D eigenvalue weighted by molar-refractivity contribution is 5.75. The molecule has 0 saturated carbocycles. The summed E-state index contributed by atoms with van der Waals surface area (Å²) >= 11 is 0. The second kappa shape index (κ2) is 12.2. The molecule has 94 valence electrons. The summed E-state index contributed by atoms with van der Waals surface area (Å²) in [5, 5.41) is 6.00. The first kappa shape index (κ1) is 15.1. The molecule has 0 aromatic heterocycles. The fourth-order valence-electron chi connectivity index (χ4n) is 1.32. The van der Waals surface area contributed by atoms with Gasteiger partial charge < -0.3 is 16.4 Å². The molecule has 4 N–H and O–H groups in total. The van der Waals surface area contributed by atoms with Crippen molar-refractivity contribution < 1.29 is 4.79 Å². The van der Waals surface area contributed by atoms with Gasteiger partial charge in [-0.1, -0.05) is 12.2 Å². The summed E-state index contributed by atoms with van der Waals surface area (Å²) in [6.45, 7) is 4.94. The van der Waals surface area contributed by atoms with Gasteiger partial charge in [-0.15, -0.1) is 0 Å². The molecule has 16 heavy (non-hydrogen) atoms. The van der Waals surface area contributed by atoms with E-state index in [0.717, 1.165) is 32.4 Å². The Morgan fingerprint density at radius 3 is 2.75 bits per heavy atom. The van der Waals surface area contributed by atoms with Crippen LogP contribution in [0.3, 0.4) is 0 Å². The molecule has 0 saturated heterocycles. The molecule has 0 aromatic rings. The summed E-state index contributed by atoms with van der Waals surface area (Å²) in [7, 11) is 0. The van der Waals surface area contributed by atoms with E-state index in [9.17, 15) is 4.79 Å². The zero-order valence-corrected chi connectivity index (χ0v) is 10.3. The molecule has 0 fully saturated rings. The van der Waals surface area contributed by atoms with Crippen LogP contribution in [-0.2, 0) is 4.79 Å². The lowest BCUT2D eigenvalue weighted by Gasteiger charge is -2.05. The number of allylic oxidation sites excluding steroid dienone is 2. The average molecular weight is 227 g/mol. The van der Waals surface area contributed by atoms with Crippen LogP contribution in [0.25, 0.3) is 0 Å². The van der Waals surface area contributed by atoms with Crippen molar-refractivity contribution in [3.8, 4) is 0 Å². The van der Waals surface area contributed by atoms with Crippen molar-refractivity contribution in [2.75, 3.05) is 26.2 Å². The van der Waals surface area contributed by atoms with Gasteiger partial charge in [-0.05, 0) is 26.2 Å². The SMILES string of the molecule is C/C=C/CCCCC(=O)NCCNCCN. The molecule has 0 aliphatic heterocycles. The quantitative estimate of drug-likeness (QED) is 0.382. The van der Waals surface area contributed by atoms with Crippen LogP contribution in [0, 0.1) is 0 Å². The van der Waals surface area contributed by atoms with Crippen LogP contribution in [0.1, 0.15) is 32.6 Å². The van der Waals surface area contributed by atoms with Crippen LogP contribution < -0.4 is 16.4 Å². The highest BCUT2D eigenvalue weighted by atomic mass is 16.1. The maximum absolute atomic E-state index is 11.3. The van der Waals surface area contributed by atoms with Crippen molar-refractivity contribution in [1.82, 2.24) is 10.6 Å². The van der Waals surface area contributed by atoms with Crippen LogP contribution in [-0.4, -0.2) is 32.1 Å². The Bertz CT molecular complexity index is 193. The van der Waals surface area contributed by atoms with E-state index in [-0.39, 0.29) is 5.91 Å². The molecule has 0 rings (SSSR count).